The molecule has 6 heteroatoms. The first-order valence-corrected chi connectivity index (χ1v) is 5.79. The molecule has 0 bridgehead atoms. The van der Waals surface area contributed by atoms with E-state index in [1.54, 1.807) is 20.3 Å². The third-order valence-corrected chi connectivity index (χ3v) is 2.59. The number of methoxy groups -OCH3 is 2. The number of nitrogens with zero attached hydrogens (tertiary/aromatic N) is 3. The van der Waals surface area contributed by atoms with Crippen molar-refractivity contribution in [1.29, 1.82) is 0 Å². The maximum atomic E-state index is 5.28. The fourth-order valence-corrected chi connectivity index (χ4v) is 1.60. The van der Waals surface area contributed by atoms with E-state index in [0.29, 0.717) is 17.6 Å². The van der Waals surface area contributed by atoms with Gasteiger partial charge in [-0.2, -0.15) is 9.97 Å². The Labute approximate surface area is 106 Å². The molecule has 6 nitrogen and oxygen atoms in total. The highest BCUT2D eigenvalue weighted by Gasteiger charge is 2.06. The Hall–Kier alpha value is -1.82. The second-order valence-electron chi connectivity index (χ2n) is 3.77. The van der Waals surface area contributed by atoms with Crippen LogP contribution >= 0.6 is 0 Å². The minimum atomic E-state index is 0.489. The van der Waals surface area contributed by atoms with Gasteiger partial charge in [0.25, 0.3) is 0 Å². The van der Waals surface area contributed by atoms with Crippen molar-refractivity contribution >= 4 is 6.08 Å². The van der Waals surface area contributed by atoms with Crippen molar-refractivity contribution in [2.24, 2.45) is 0 Å². The second kappa shape index (κ2) is 6.20. The van der Waals surface area contributed by atoms with Crippen molar-refractivity contribution in [3.8, 4) is 11.8 Å². The fourth-order valence-electron chi connectivity index (χ4n) is 1.60. The first kappa shape index (κ1) is 12.6. The standard InChI is InChI=1S/C12H17N3O3/c1-16-11-9-12(17-2)14-10(13-11)3-4-15-5-7-18-8-6-15/h3-4,9H,5-8H2,1-2H3. The van der Waals surface area contributed by atoms with Gasteiger partial charge in [-0.05, 0) is 6.08 Å². The van der Waals surface area contributed by atoms with Crippen molar-refractivity contribution in [2.75, 3.05) is 40.5 Å². The third kappa shape index (κ3) is 3.33. The van der Waals surface area contributed by atoms with Gasteiger partial charge in [0.05, 0.1) is 33.5 Å². The van der Waals surface area contributed by atoms with Crippen molar-refractivity contribution in [3.63, 3.8) is 0 Å². The van der Waals surface area contributed by atoms with Gasteiger partial charge in [0.1, 0.15) is 0 Å². The molecule has 0 N–H and O–H groups in total. The Balaban J connectivity index is 2.09. The summed E-state index contributed by atoms with van der Waals surface area (Å²) in [6.07, 6.45) is 3.81. The van der Waals surface area contributed by atoms with E-state index in [0.717, 1.165) is 26.3 Å². The zero-order valence-corrected chi connectivity index (χ0v) is 10.6. The number of aromatic nitrogens is 2. The molecule has 1 aromatic rings. The molecule has 1 saturated heterocycles. The summed E-state index contributed by atoms with van der Waals surface area (Å²) >= 11 is 0. The molecular weight excluding hydrogens is 234 g/mol. The van der Waals surface area contributed by atoms with E-state index in [-0.39, 0.29) is 0 Å². The Morgan fingerprint density at radius 3 is 2.33 bits per heavy atom. The van der Waals surface area contributed by atoms with Gasteiger partial charge in [-0.1, -0.05) is 0 Å². The highest BCUT2D eigenvalue weighted by molar-refractivity contribution is 5.42. The Bertz CT molecular complexity index is 395. The number of hydrogen-bond acceptors (Lipinski definition) is 6. The van der Waals surface area contributed by atoms with E-state index in [9.17, 15) is 0 Å². The molecule has 0 aliphatic carbocycles. The van der Waals surface area contributed by atoms with Crippen LogP contribution in [0.2, 0.25) is 0 Å². The predicted octanol–water partition coefficient (Wildman–Crippen LogP) is 0.797. The zero-order valence-electron chi connectivity index (χ0n) is 10.6. The van der Waals surface area contributed by atoms with Gasteiger partial charge in [-0.3, -0.25) is 0 Å². The van der Waals surface area contributed by atoms with Crippen LogP contribution in [0.1, 0.15) is 5.82 Å². The summed E-state index contributed by atoms with van der Waals surface area (Å²) in [6, 6.07) is 1.64. The van der Waals surface area contributed by atoms with Crippen LogP contribution in [0.5, 0.6) is 11.8 Å². The van der Waals surface area contributed by atoms with Crippen molar-refractivity contribution in [2.45, 2.75) is 0 Å². The lowest BCUT2D eigenvalue weighted by atomic mass is 10.4. The minimum absolute atomic E-state index is 0.489. The van der Waals surface area contributed by atoms with Crippen molar-refractivity contribution < 1.29 is 14.2 Å². The van der Waals surface area contributed by atoms with E-state index in [4.69, 9.17) is 14.2 Å². The smallest absolute Gasteiger partial charge is 0.220 e. The Morgan fingerprint density at radius 1 is 1.17 bits per heavy atom. The molecule has 98 valence electrons. The lowest BCUT2D eigenvalue weighted by Gasteiger charge is -2.24. The summed E-state index contributed by atoms with van der Waals surface area (Å²) in [5.74, 6) is 1.55. The number of ether oxygens (including phenoxy) is 3. The molecule has 2 heterocycles. The van der Waals surface area contributed by atoms with Crippen LogP contribution in [-0.2, 0) is 4.74 Å². The van der Waals surface area contributed by atoms with Crippen LogP contribution in [0.4, 0.5) is 0 Å². The van der Waals surface area contributed by atoms with Crippen LogP contribution < -0.4 is 9.47 Å². The molecule has 18 heavy (non-hydrogen) atoms. The van der Waals surface area contributed by atoms with Gasteiger partial charge in [0, 0.05) is 19.3 Å². The molecule has 0 saturated carbocycles. The van der Waals surface area contributed by atoms with Crippen molar-refractivity contribution in [1.82, 2.24) is 14.9 Å². The molecular formula is C12H17N3O3. The lowest BCUT2D eigenvalue weighted by Crippen LogP contribution is -2.31. The number of morpholine rings is 1. The van der Waals surface area contributed by atoms with E-state index in [1.807, 2.05) is 12.3 Å². The molecule has 1 aliphatic rings. The zero-order chi connectivity index (χ0) is 12.8. The van der Waals surface area contributed by atoms with Gasteiger partial charge in [0.15, 0.2) is 5.82 Å². The highest BCUT2D eigenvalue weighted by atomic mass is 16.5. The monoisotopic (exact) mass is 251 g/mol. The van der Waals surface area contributed by atoms with Gasteiger partial charge >= 0.3 is 0 Å². The summed E-state index contributed by atoms with van der Waals surface area (Å²) in [4.78, 5) is 10.6. The quantitative estimate of drug-likeness (QED) is 0.789. The largest absolute Gasteiger partial charge is 0.481 e. The molecule has 0 unspecified atom stereocenters. The first-order valence-electron chi connectivity index (χ1n) is 5.79. The minimum Gasteiger partial charge on any atom is -0.481 e. The Kier molecular flexibility index (Phi) is 4.35. The van der Waals surface area contributed by atoms with E-state index in [2.05, 4.69) is 14.9 Å². The topological polar surface area (TPSA) is 56.7 Å². The summed E-state index contributed by atoms with van der Waals surface area (Å²) in [5, 5.41) is 0. The third-order valence-electron chi connectivity index (χ3n) is 2.59. The van der Waals surface area contributed by atoms with Gasteiger partial charge in [0.2, 0.25) is 11.8 Å². The summed E-state index contributed by atoms with van der Waals surface area (Å²) in [5.41, 5.74) is 0. The van der Waals surface area contributed by atoms with Gasteiger partial charge < -0.3 is 19.1 Å². The molecule has 0 atom stereocenters. The van der Waals surface area contributed by atoms with Crippen molar-refractivity contribution in [3.05, 3.63) is 18.1 Å². The molecule has 2 rings (SSSR count). The average molecular weight is 251 g/mol. The van der Waals surface area contributed by atoms with E-state index < -0.39 is 0 Å². The van der Waals surface area contributed by atoms with E-state index >= 15 is 0 Å². The summed E-state index contributed by atoms with van der Waals surface area (Å²) < 4.78 is 15.5. The van der Waals surface area contributed by atoms with Crippen LogP contribution in [0.25, 0.3) is 6.08 Å². The molecule has 0 aromatic carbocycles. The normalized spacial score (nSPS) is 16.0. The van der Waals surface area contributed by atoms with Crippen LogP contribution in [0, 0.1) is 0 Å². The molecule has 1 aliphatic heterocycles. The number of rotatable bonds is 4. The fraction of sp³-hybridized carbons (Fsp3) is 0.500. The lowest BCUT2D eigenvalue weighted by molar-refractivity contribution is 0.0597. The highest BCUT2D eigenvalue weighted by Crippen LogP contribution is 2.15. The van der Waals surface area contributed by atoms with Crippen LogP contribution in [-0.4, -0.2) is 55.4 Å². The first-order chi connectivity index (χ1) is 8.81. The maximum absolute atomic E-state index is 5.28. The molecule has 1 fully saturated rings. The maximum Gasteiger partial charge on any atom is 0.220 e. The summed E-state index contributed by atoms with van der Waals surface area (Å²) in [7, 11) is 3.13. The average Bonchev–Trinajstić information content (AvgIpc) is 2.45. The molecule has 0 spiro atoms. The molecule has 1 aromatic heterocycles. The predicted molar refractivity (Wildman–Crippen MR) is 66.6 cm³/mol. The van der Waals surface area contributed by atoms with Gasteiger partial charge in [-0.25, -0.2) is 0 Å². The van der Waals surface area contributed by atoms with E-state index in [1.165, 1.54) is 0 Å². The SMILES string of the molecule is COc1cc(OC)nc(C=CN2CCOCC2)n1. The molecule has 0 radical (unpaired) electrons. The van der Waals surface area contributed by atoms with Crippen LogP contribution in [0.3, 0.4) is 0 Å². The van der Waals surface area contributed by atoms with Gasteiger partial charge in [-0.15, -0.1) is 0 Å². The molecule has 0 amide bonds. The Morgan fingerprint density at radius 2 is 1.78 bits per heavy atom. The summed E-state index contributed by atoms with van der Waals surface area (Å²) in [6.45, 7) is 3.29. The second-order valence-corrected chi connectivity index (χ2v) is 3.77. The number of hydrogen-bond donors (Lipinski definition) is 0. The van der Waals surface area contributed by atoms with Crippen LogP contribution in [0.15, 0.2) is 12.3 Å².